The highest BCUT2D eigenvalue weighted by atomic mass is 32.1. The summed E-state index contributed by atoms with van der Waals surface area (Å²) >= 11 is 1.59. The second kappa shape index (κ2) is 2.85. The topological polar surface area (TPSA) is 37.3 Å². The Morgan fingerprint density at radius 3 is 2.53 bits per heavy atom. The van der Waals surface area contributed by atoms with Crippen molar-refractivity contribution in [2.24, 2.45) is 5.41 Å². The van der Waals surface area contributed by atoms with E-state index in [1.54, 1.807) is 11.3 Å². The summed E-state index contributed by atoms with van der Waals surface area (Å²) < 4.78 is 0. The summed E-state index contributed by atoms with van der Waals surface area (Å²) in [6.45, 7) is 0. The Morgan fingerprint density at radius 2 is 2.13 bits per heavy atom. The molecular weight excluding hydrogens is 208 g/mol. The first-order valence-electron chi connectivity index (χ1n) is 5.44. The first-order chi connectivity index (χ1) is 7.17. The second-order valence-corrected chi connectivity index (χ2v) is 6.02. The van der Waals surface area contributed by atoms with Crippen LogP contribution in [-0.2, 0) is 10.2 Å². The van der Waals surface area contributed by atoms with Crippen LogP contribution in [0.25, 0.3) is 0 Å². The molecule has 1 N–H and O–H groups in total. The van der Waals surface area contributed by atoms with Gasteiger partial charge in [-0.15, -0.1) is 11.3 Å². The van der Waals surface area contributed by atoms with Crippen molar-refractivity contribution in [2.75, 3.05) is 0 Å². The lowest BCUT2D eigenvalue weighted by Gasteiger charge is -2.58. The number of aliphatic carboxylic acids is 1. The van der Waals surface area contributed by atoms with Crippen molar-refractivity contribution >= 4 is 17.3 Å². The lowest BCUT2D eigenvalue weighted by atomic mass is 9.45. The van der Waals surface area contributed by atoms with E-state index in [2.05, 4.69) is 0 Å². The highest BCUT2D eigenvalue weighted by Crippen LogP contribution is 2.65. The van der Waals surface area contributed by atoms with Crippen LogP contribution in [0.4, 0.5) is 0 Å². The van der Waals surface area contributed by atoms with Crippen molar-refractivity contribution in [3.8, 4) is 0 Å². The van der Waals surface area contributed by atoms with Crippen LogP contribution in [0.2, 0.25) is 0 Å². The van der Waals surface area contributed by atoms with Gasteiger partial charge in [-0.1, -0.05) is 12.5 Å². The van der Waals surface area contributed by atoms with Crippen LogP contribution in [0.15, 0.2) is 17.5 Å². The van der Waals surface area contributed by atoms with Crippen LogP contribution in [0.5, 0.6) is 0 Å². The monoisotopic (exact) mass is 222 g/mol. The molecule has 15 heavy (non-hydrogen) atoms. The predicted octanol–water partition coefficient (Wildman–Crippen LogP) is 3.03. The van der Waals surface area contributed by atoms with Gasteiger partial charge in [0.05, 0.1) is 0 Å². The molecule has 1 spiro atoms. The van der Waals surface area contributed by atoms with Crippen molar-refractivity contribution in [3.05, 3.63) is 22.4 Å². The molecule has 0 aliphatic heterocycles. The highest BCUT2D eigenvalue weighted by molar-refractivity contribution is 7.10. The fourth-order valence-corrected chi connectivity index (χ4v) is 4.16. The van der Waals surface area contributed by atoms with Gasteiger partial charge in [-0.3, -0.25) is 4.79 Å². The van der Waals surface area contributed by atoms with Gasteiger partial charge in [0.15, 0.2) is 0 Å². The summed E-state index contributed by atoms with van der Waals surface area (Å²) in [5.74, 6) is -0.623. The molecule has 0 saturated heterocycles. The van der Waals surface area contributed by atoms with Gasteiger partial charge in [0.25, 0.3) is 0 Å². The fourth-order valence-electron chi connectivity index (χ4n) is 3.24. The molecule has 0 radical (unpaired) electrons. The van der Waals surface area contributed by atoms with Gasteiger partial charge in [0.1, 0.15) is 5.41 Å². The van der Waals surface area contributed by atoms with Crippen LogP contribution >= 0.6 is 11.3 Å². The van der Waals surface area contributed by atoms with E-state index in [0.29, 0.717) is 5.41 Å². The smallest absolute Gasteiger partial charge is 0.315 e. The van der Waals surface area contributed by atoms with Crippen LogP contribution in [0, 0.1) is 5.41 Å². The summed E-state index contributed by atoms with van der Waals surface area (Å²) in [4.78, 5) is 12.5. The Hall–Kier alpha value is -0.830. The van der Waals surface area contributed by atoms with E-state index in [-0.39, 0.29) is 0 Å². The first kappa shape index (κ1) is 9.40. The van der Waals surface area contributed by atoms with Crippen LogP contribution in [0.1, 0.15) is 37.0 Å². The lowest BCUT2D eigenvalue weighted by Crippen LogP contribution is -2.56. The summed E-state index contributed by atoms with van der Waals surface area (Å²) in [6.07, 6.45) is 5.52. The van der Waals surface area contributed by atoms with Gasteiger partial charge in [0, 0.05) is 4.88 Å². The van der Waals surface area contributed by atoms with Gasteiger partial charge >= 0.3 is 5.97 Å². The largest absolute Gasteiger partial charge is 0.481 e. The first-order valence-corrected chi connectivity index (χ1v) is 6.32. The molecule has 1 aromatic rings. The maximum Gasteiger partial charge on any atom is 0.315 e. The van der Waals surface area contributed by atoms with Crippen LogP contribution in [0.3, 0.4) is 0 Å². The number of rotatable bonds is 2. The maximum atomic E-state index is 11.4. The molecule has 3 heteroatoms. The van der Waals surface area contributed by atoms with Gasteiger partial charge in [-0.2, -0.15) is 0 Å². The number of hydrogen-bond acceptors (Lipinski definition) is 2. The average molecular weight is 222 g/mol. The molecule has 0 aromatic carbocycles. The Morgan fingerprint density at radius 1 is 1.40 bits per heavy atom. The molecule has 2 saturated carbocycles. The van der Waals surface area contributed by atoms with E-state index in [9.17, 15) is 9.90 Å². The Bertz CT molecular complexity index is 382. The zero-order chi connectivity index (χ0) is 10.5. The molecule has 2 aliphatic carbocycles. The van der Waals surface area contributed by atoms with Crippen LogP contribution in [-0.4, -0.2) is 11.1 Å². The Kier molecular flexibility index (Phi) is 1.78. The highest BCUT2D eigenvalue weighted by Gasteiger charge is 2.62. The molecule has 0 unspecified atom stereocenters. The number of carboxylic acids is 1. The summed E-state index contributed by atoms with van der Waals surface area (Å²) in [5, 5.41) is 11.4. The summed E-state index contributed by atoms with van der Waals surface area (Å²) in [6, 6.07) is 3.93. The number of carbonyl (C=O) groups is 1. The molecule has 0 atom stereocenters. The van der Waals surface area contributed by atoms with Gasteiger partial charge in [-0.25, -0.2) is 0 Å². The zero-order valence-corrected chi connectivity index (χ0v) is 9.35. The number of thiophene rings is 1. The lowest BCUT2D eigenvalue weighted by molar-refractivity contribution is -0.159. The fraction of sp³-hybridized carbons (Fsp3) is 0.583. The van der Waals surface area contributed by atoms with E-state index in [4.69, 9.17) is 0 Å². The third-order valence-electron chi connectivity index (χ3n) is 4.17. The van der Waals surface area contributed by atoms with E-state index in [1.165, 1.54) is 19.3 Å². The van der Waals surface area contributed by atoms with E-state index in [0.717, 1.165) is 17.7 Å². The molecule has 2 aliphatic rings. The second-order valence-electron chi connectivity index (χ2n) is 5.07. The van der Waals surface area contributed by atoms with Crippen molar-refractivity contribution in [3.63, 3.8) is 0 Å². The summed E-state index contributed by atoms with van der Waals surface area (Å²) in [7, 11) is 0. The average Bonchev–Trinajstić information content (AvgIpc) is 2.51. The zero-order valence-electron chi connectivity index (χ0n) is 8.53. The molecule has 3 rings (SSSR count). The number of hydrogen-bond donors (Lipinski definition) is 1. The van der Waals surface area contributed by atoms with Gasteiger partial charge in [0.2, 0.25) is 0 Å². The SMILES string of the molecule is O=C(O)C1(c2cccs2)CC2(CCC2)C1. The third-order valence-corrected chi connectivity index (χ3v) is 5.24. The standard InChI is InChI=1S/C12H14O2S/c13-10(14)12(9-3-1-6-15-9)7-11(8-12)4-2-5-11/h1,3,6H,2,4-5,7-8H2,(H,13,14). The van der Waals surface area contributed by atoms with Gasteiger partial charge in [-0.05, 0) is 42.5 Å². The van der Waals surface area contributed by atoms with Crippen molar-refractivity contribution in [1.82, 2.24) is 0 Å². The minimum atomic E-state index is -0.623. The van der Waals surface area contributed by atoms with E-state index in [1.807, 2.05) is 17.5 Å². The maximum absolute atomic E-state index is 11.4. The van der Waals surface area contributed by atoms with Crippen molar-refractivity contribution < 1.29 is 9.90 Å². The minimum Gasteiger partial charge on any atom is -0.481 e. The van der Waals surface area contributed by atoms with Crippen molar-refractivity contribution in [2.45, 2.75) is 37.5 Å². The molecule has 2 nitrogen and oxygen atoms in total. The van der Waals surface area contributed by atoms with E-state index < -0.39 is 11.4 Å². The molecule has 2 fully saturated rings. The van der Waals surface area contributed by atoms with E-state index >= 15 is 0 Å². The molecule has 1 heterocycles. The molecule has 0 amide bonds. The Labute approximate surface area is 92.9 Å². The molecular formula is C12H14O2S. The molecule has 80 valence electrons. The quantitative estimate of drug-likeness (QED) is 0.835. The predicted molar refractivity (Wildman–Crippen MR) is 59.2 cm³/mol. The van der Waals surface area contributed by atoms with Gasteiger partial charge < -0.3 is 5.11 Å². The molecule has 1 aromatic heterocycles. The normalized spacial score (nSPS) is 25.6. The summed E-state index contributed by atoms with van der Waals surface area (Å²) in [5.41, 5.74) is -0.128. The Balaban J connectivity index is 1.90. The third kappa shape index (κ3) is 1.13. The van der Waals surface area contributed by atoms with Crippen LogP contribution < -0.4 is 0 Å². The molecule has 0 bridgehead atoms. The van der Waals surface area contributed by atoms with Crippen molar-refractivity contribution in [1.29, 1.82) is 0 Å². The number of carboxylic acid groups (broad SMARTS) is 1. The minimum absolute atomic E-state index is 0.405.